The third-order valence-corrected chi connectivity index (χ3v) is 7.65. The molecule has 1 aromatic heterocycles. The summed E-state index contributed by atoms with van der Waals surface area (Å²) in [7, 11) is 2.17. The number of nitrogens with zero attached hydrogens (tertiary/aromatic N) is 3. The molecule has 2 aliphatic rings. The fourth-order valence-corrected chi connectivity index (χ4v) is 5.36. The summed E-state index contributed by atoms with van der Waals surface area (Å²) >= 11 is 0. The fraction of sp³-hybridized carbons (Fsp3) is 0.467. The van der Waals surface area contributed by atoms with E-state index in [4.69, 9.17) is 9.26 Å². The van der Waals surface area contributed by atoms with E-state index in [1.807, 2.05) is 30.3 Å². The lowest BCUT2D eigenvalue weighted by Crippen LogP contribution is -2.37. The highest BCUT2D eigenvalue weighted by atomic mass is 16.5. The zero-order valence-corrected chi connectivity index (χ0v) is 22.0. The molecule has 196 valence electrons. The highest BCUT2D eigenvalue weighted by Gasteiger charge is 2.23. The van der Waals surface area contributed by atoms with Crippen LogP contribution >= 0.6 is 0 Å². The second-order valence-electron chi connectivity index (χ2n) is 10.5. The Bertz CT molecular complexity index is 1170. The summed E-state index contributed by atoms with van der Waals surface area (Å²) in [6.45, 7) is 6.59. The number of aromatic nitrogens is 1. The third-order valence-electron chi connectivity index (χ3n) is 7.65. The number of carbonyl (C=O) groups is 1. The van der Waals surface area contributed by atoms with Crippen LogP contribution in [0, 0.1) is 6.92 Å². The van der Waals surface area contributed by atoms with Crippen molar-refractivity contribution in [2.24, 2.45) is 0 Å². The van der Waals surface area contributed by atoms with Gasteiger partial charge in [0.25, 0.3) is 5.91 Å². The first-order chi connectivity index (χ1) is 18.0. The average Bonchev–Trinajstić information content (AvgIpc) is 3.55. The Morgan fingerprint density at radius 3 is 2.65 bits per heavy atom. The second kappa shape index (κ2) is 11.9. The van der Waals surface area contributed by atoms with Gasteiger partial charge in [-0.05, 0) is 70.8 Å². The Kier molecular flexibility index (Phi) is 8.21. The summed E-state index contributed by atoms with van der Waals surface area (Å²) in [6.07, 6.45) is 5.50. The van der Waals surface area contributed by atoms with E-state index in [-0.39, 0.29) is 12.0 Å². The molecule has 7 heteroatoms. The standard InChI is InChI=1S/C30H38N4O3/c1-22-8-10-23(11-9-22)29-20-25(32-37-29)21-34-17-13-27(14-18-34)36-28-7-3-5-24(19-28)30(35)31-15-12-26-6-4-16-33(26)2/h3,5,7-11,19-20,26-27H,4,6,12-18,21H2,1-2H3,(H,31,35). The van der Waals surface area contributed by atoms with E-state index in [0.29, 0.717) is 18.2 Å². The molecule has 0 aliphatic carbocycles. The second-order valence-corrected chi connectivity index (χ2v) is 10.5. The number of carbonyl (C=O) groups excluding carboxylic acids is 1. The lowest BCUT2D eigenvalue weighted by atomic mass is 10.1. The summed E-state index contributed by atoms with van der Waals surface area (Å²) < 4.78 is 11.9. The molecule has 0 saturated carbocycles. The van der Waals surface area contributed by atoms with Crippen LogP contribution in [0.25, 0.3) is 11.3 Å². The molecule has 7 nitrogen and oxygen atoms in total. The van der Waals surface area contributed by atoms with Crippen molar-refractivity contribution in [2.45, 2.75) is 57.7 Å². The van der Waals surface area contributed by atoms with Gasteiger partial charge in [-0.2, -0.15) is 0 Å². The summed E-state index contributed by atoms with van der Waals surface area (Å²) in [5.41, 5.74) is 3.89. The van der Waals surface area contributed by atoms with Gasteiger partial charge in [-0.1, -0.05) is 41.1 Å². The first kappa shape index (κ1) is 25.5. The predicted molar refractivity (Wildman–Crippen MR) is 145 cm³/mol. The zero-order valence-electron chi connectivity index (χ0n) is 22.0. The Morgan fingerprint density at radius 2 is 1.89 bits per heavy atom. The van der Waals surface area contributed by atoms with Crippen LogP contribution in [0.2, 0.25) is 0 Å². The highest BCUT2D eigenvalue weighted by molar-refractivity contribution is 5.94. The van der Waals surface area contributed by atoms with Crippen LogP contribution in [0.3, 0.4) is 0 Å². The molecule has 2 fully saturated rings. The zero-order chi connectivity index (χ0) is 25.6. The van der Waals surface area contributed by atoms with E-state index in [1.165, 1.54) is 18.4 Å². The Balaban J connectivity index is 1.06. The molecular weight excluding hydrogens is 464 g/mol. The van der Waals surface area contributed by atoms with Crippen molar-refractivity contribution in [3.8, 4) is 17.1 Å². The largest absolute Gasteiger partial charge is 0.490 e. The molecule has 2 aromatic carbocycles. The van der Waals surface area contributed by atoms with Crippen molar-refractivity contribution in [1.82, 2.24) is 20.3 Å². The number of benzene rings is 2. The first-order valence-electron chi connectivity index (χ1n) is 13.5. The Hall–Kier alpha value is -3.16. The number of hydrogen-bond donors (Lipinski definition) is 1. The molecule has 37 heavy (non-hydrogen) atoms. The molecule has 5 rings (SSSR count). The molecule has 3 aromatic rings. The number of hydrogen-bond acceptors (Lipinski definition) is 6. The minimum absolute atomic E-state index is 0.0291. The van der Waals surface area contributed by atoms with E-state index in [9.17, 15) is 4.79 Å². The van der Waals surface area contributed by atoms with Crippen LogP contribution in [-0.4, -0.2) is 66.2 Å². The van der Waals surface area contributed by atoms with Crippen molar-refractivity contribution >= 4 is 5.91 Å². The monoisotopic (exact) mass is 502 g/mol. The third kappa shape index (κ3) is 6.79. The quantitative estimate of drug-likeness (QED) is 0.449. The lowest BCUT2D eigenvalue weighted by molar-refractivity contribution is 0.0929. The molecule has 2 aliphatic heterocycles. The maximum Gasteiger partial charge on any atom is 0.251 e. The van der Waals surface area contributed by atoms with E-state index >= 15 is 0 Å². The van der Waals surface area contributed by atoms with Gasteiger partial charge in [0.15, 0.2) is 5.76 Å². The van der Waals surface area contributed by atoms with Gasteiger partial charge in [-0.15, -0.1) is 0 Å². The van der Waals surface area contributed by atoms with Gasteiger partial charge in [0.05, 0.1) is 5.69 Å². The molecule has 1 atom stereocenters. The van der Waals surface area contributed by atoms with Crippen molar-refractivity contribution in [2.75, 3.05) is 33.2 Å². The van der Waals surface area contributed by atoms with Gasteiger partial charge in [-0.3, -0.25) is 9.69 Å². The van der Waals surface area contributed by atoms with Crippen molar-refractivity contribution in [3.63, 3.8) is 0 Å². The van der Waals surface area contributed by atoms with Crippen LogP contribution in [0.4, 0.5) is 0 Å². The number of ether oxygens (including phenoxy) is 1. The van der Waals surface area contributed by atoms with E-state index in [1.54, 1.807) is 0 Å². The van der Waals surface area contributed by atoms with Gasteiger partial charge >= 0.3 is 0 Å². The van der Waals surface area contributed by atoms with E-state index in [2.05, 4.69) is 58.5 Å². The fourth-order valence-electron chi connectivity index (χ4n) is 5.36. The molecule has 1 amide bonds. The number of piperidine rings is 1. The number of aryl methyl sites for hydroxylation is 1. The molecule has 3 heterocycles. The summed E-state index contributed by atoms with van der Waals surface area (Å²) in [4.78, 5) is 17.4. The number of amides is 1. The predicted octanol–water partition coefficient (Wildman–Crippen LogP) is 4.91. The number of nitrogens with one attached hydrogen (secondary N) is 1. The van der Waals surface area contributed by atoms with Gasteiger partial charge in [0, 0.05) is 49.4 Å². The minimum atomic E-state index is -0.0291. The van der Waals surface area contributed by atoms with Crippen molar-refractivity contribution in [3.05, 3.63) is 71.4 Å². The first-order valence-corrected chi connectivity index (χ1v) is 13.5. The molecular formula is C30H38N4O3. The van der Waals surface area contributed by atoms with Gasteiger partial charge in [-0.25, -0.2) is 0 Å². The molecule has 2 saturated heterocycles. The molecule has 0 bridgehead atoms. The van der Waals surface area contributed by atoms with Gasteiger partial charge < -0.3 is 19.5 Å². The van der Waals surface area contributed by atoms with Crippen LogP contribution in [-0.2, 0) is 6.54 Å². The van der Waals surface area contributed by atoms with Crippen LogP contribution in [0.1, 0.15) is 53.7 Å². The van der Waals surface area contributed by atoms with Gasteiger partial charge in [0.2, 0.25) is 0 Å². The molecule has 1 N–H and O–H groups in total. The minimum Gasteiger partial charge on any atom is -0.490 e. The number of likely N-dealkylation sites (tertiary alicyclic amines) is 2. The summed E-state index contributed by atoms with van der Waals surface area (Å²) in [6, 6.07) is 18.5. The van der Waals surface area contributed by atoms with Crippen LogP contribution in [0.5, 0.6) is 5.75 Å². The van der Waals surface area contributed by atoms with Crippen molar-refractivity contribution in [1.29, 1.82) is 0 Å². The van der Waals surface area contributed by atoms with E-state index < -0.39 is 0 Å². The normalized spacial score (nSPS) is 19.2. The molecule has 1 unspecified atom stereocenters. The maximum absolute atomic E-state index is 12.7. The Labute approximate surface area is 219 Å². The number of rotatable bonds is 9. The molecule has 0 spiro atoms. The highest BCUT2D eigenvalue weighted by Crippen LogP contribution is 2.24. The summed E-state index contributed by atoms with van der Waals surface area (Å²) in [5, 5.41) is 7.36. The lowest BCUT2D eigenvalue weighted by Gasteiger charge is -2.31. The Morgan fingerprint density at radius 1 is 1.08 bits per heavy atom. The average molecular weight is 503 g/mol. The van der Waals surface area contributed by atoms with Crippen LogP contribution in [0.15, 0.2) is 59.1 Å². The summed E-state index contributed by atoms with van der Waals surface area (Å²) in [5.74, 6) is 1.54. The SMILES string of the molecule is Cc1ccc(-c2cc(CN3CCC(Oc4cccc(C(=O)NCCC5CCCN5C)c4)CC3)no2)cc1. The van der Waals surface area contributed by atoms with E-state index in [0.717, 1.165) is 68.2 Å². The van der Waals surface area contributed by atoms with Crippen molar-refractivity contribution < 1.29 is 14.1 Å². The van der Waals surface area contributed by atoms with Crippen LogP contribution < -0.4 is 10.1 Å². The smallest absolute Gasteiger partial charge is 0.251 e. The topological polar surface area (TPSA) is 70.8 Å². The van der Waals surface area contributed by atoms with Gasteiger partial charge in [0.1, 0.15) is 11.9 Å². The molecule has 0 radical (unpaired) electrons. The maximum atomic E-state index is 12.7.